The van der Waals surface area contributed by atoms with Gasteiger partial charge in [-0.3, -0.25) is 0 Å². The lowest BCUT2D eigenvalue weighted by Gasteiger charge is -2.08. The maximum absolute atomic E-state index is 5.97. The number of anilines is 2. The number of nitrogens with zero attached hydrogens (tertiary/aromatic N) is 2. The van der Waals surface area contributed by atoms with Gasteiger partial charge in [-0.2, -0.15) is 0 Å². The van der Waals surface area contributed by atoms with Crippen LogP contribution >= 0.6 is 27.5 Å². The van der Waals surface area contributed by atoms with Crippen LogP contribution in [0, 0.1) is 0 Å². The van der Waals surface area contributed by atoms with Crippen LogP contribution in [-0.4, -0.2) is 16.6 Å². The molecule has 1 N–H and O–H groups in total. The van der Waals surface area contributed by atoms with E-state index in [9.17, 15) is 0 Å². The van der Waals surface area contributed by atoms with E-state index in [1.54, 1.807) is 6.07 Å². The number of ether oxygens (including phenoxy) is 1. The maximum atomic E-state index is 5.97. The van der Waals surface area contributed by atoms with Crippen LogP contribution in [0.4, 0.5) is 11.5 Å². The Kier molecular flexibility index (Phi) is 5.13. The minimum Gasteiger partial charge on any atom is -0.374 e. The number of rotatable bonds is 5. The van der Waals surface area contributed by atoms with E-state index in [1.807, 2.05) is 31.2 Å². The van der Waals surface area contributed by atoms with Gasteiger partial charge in [0.1, 0.15) is 17.6 Å². The fourth-order valence-electron chi connectivity index (χ4n) is 1.50. The molecule has 6 heteroatoms. The predicted molar refractivity (Wildman–Crippen MR) is 79.8 cm³/mol. The SMILES string of the molecule is CCOCc1nc(Cl)cc(Nc2cccc(Br)c2)n1. The zero-order valence-electron chi connectivity index (χ0n) is 10.4. The van der Waals surface area contributed by atoms with Crippen LogP contribution in [0.3, 0.4) is 0 Å². The fourth-order valence-corrected chi connectivity index (χ4v) is 2.10. The van der Waals surface area contributed by atoms with E-state index in [0.29, 0.717) is 30.0 Å². The van der Waals surface area contributed by atoms with Gasteiger partial charge in [0.2, 0.25) is 0 Å². The number of aromatic nitrogens is 2. The van der Waals surface area contributed by atoms with E-state index >= 15 is 0 Å². The molecule has 1 aromatic carbocycles. The number of nitrogens with one attached hydrogen (secondary N) is 1. The maximum Gasteiger partial charge on any atom is 0.158 e. The molecule has 4 nitrogen and oxygen atoms in total. The fraction of sp³-hybridized carbons (Fsp3) is 0.231. The molecular weight excluding hydrogens is 330 g/mol. The van der Waals surface area contributed by atoms with Gasteiger partial charge in [0, 0.05) is 22.8 Å². The van der Waals surface area contributed by atoms with E-state index in [1.165, 1.54) is 0 Å². The summed E-state index contributed by atoms with van der Waals surface area (Å²) in [5.41, 5.74) is 0.923. The first-order valence-electron chi connectivity index (χ1n) is 5.81. The molecule has 1 aromatic heterocycles. The molecule has 2 rings (SSSR count). The Hall–Kier alpha value is -1.17. The average molecular weight is 343 g/mol. The molecule has 0 atom stereocenters. The standard InChI is InChI=1S/C13H13BrClN3O/c1-2-19-8-13-17-11(15)7-12(18-13)16-10-5-3-4-9(14)6-10/h3-7H,2,8H2,1H3,(H,16,17,18). The minimum absolute atomic E-state index is 0.351. The Morgan fingerprint density at radius 3 is 2.89 bits per heavy atom. The Morgan fingerprint density at radius 2 is 2.16 bits per heavy atom. The Balaban J connectivity index is 2.17. The van der Waals surface area contributed by atoms with Gasteiger partial charge in [-0.15, -0.1) is 0 Å². The lowest BCUT2D eigenvalue weighted by atomic mass is 10.3. The van der Waals surface area contributed by atoms with Crippen LogP contribution in [0.5, 0.6) is 0 Å². The Morgan fingerprint density at radius 1 is 1.32 bits per heavy atom. The third-order valence-corrected chi connectivity index (χ3v) is 2.96. The smallest absolute Gasteiger partial charge is 0.158 e. The highest BCUT2D eigenvalue weighted by Gasteiger charge is 2.04. The van der Waals surface area contributed by atoms with Crippen LogP contribution < -0.4 is 5.32 Å². The van der Waals surface area contributed by atoms with Gasteiger partial charge in [-0.25, -0.2) is 9.97 Å². The summed E-state index contributed by atoms with van der Waals surface area (Å²) in [5.74, 6) is 1.21. The zero-order chi connectivity index (χ0) is 13.7. The molecule has 0 fully saturated rings. The van der Waals surface area contributed by atoms with Gasteiger partial charge in [-0.1, -0.05) is 33.6 Å². The second-order valence-corrected chi connectivity index (χ2v) is 5.07. The number of benzene rings is 1. The summed E-state index contributed by atoms with van der Waals surface area (Å²) in [7, 11) is 0. The highest BCUT2D eigenvalue weighted by Crippen LogP contribution is 2.21. The summed E-state index contributed by atoms with van der Waals surface area (Å²) in [6.07, 6.45) is 0. The first-order chi connectivity index (χ1) is 9.17. The largest absolute Gasteiger partial charge is 0.374 e. The van der Waals surface area contributed by atoms with Gasteiger partial charge >= 0.3 is 0 Å². The molecule has 0 radical (unpaired) electrons. The van der Waals surface area contributed by atoms with Crippen molar-refractivity contribution in [3.8, 4) is 0 Å². The van der Waals surface area contributed by atoms with Crippen molar-refractivity contribution in [2.45, 2.75) is 13.5 Å². The quantitative estimate of drug-likeness (QED) is 0.828. The second kappa shape index (κ2) is 6.84. The molecule has 0 bridgehead atoms. The highest BCUT2D eigenvalue weighted by atomic mass is 79.9. The molecular formula is C13H13BrClN3O. The van der Waals surface area contributed by atoms with Crippen molar-refractivity contribution in [3.63, 3.8) is 0 Å². The lowest BCUT2D eigenvalue weighted by molar-refractivity contribution is 0.128. The molecule has 2 aromatic rings. The normalized spacial score (nSPS) is 10.5. The van der Waals surface area contributed by atoms with Crippen LogP contribution in [0.15, 0.2) is 34.8 Å². The van der Waals surface area contributed by atoms with Crippen molar-refractivity contribution < 1.29 is 4.74 Å². The van der Waals surface area contributed by atoms with Crippen LogP contribution in [-0.2, 0) is 11.3 Å². The van der Waals surface area contributed by atoms with Gasteiger partial charge in [0.15, 0.2) is 5.82 Å². The van der Waals surface area contributed by atoms with E-state index < -0.39 is 0 Å². The Bertz CT molecular complexity index is 565. The molecule has 1 heterocycles. The second-order valence-electron chi connectivity index (χ2n) is 3.76. The molecule has 0 aliphatic carbocycles. The molecule has 0 aliphatic rings. The van der Waals surface area contributed by atoms with E-state index in [-0.39, 0.29) is 0 Å². The van der Waals surface area contributed by atoms with Crippen molar-refractivity contribution in [1.29, 1.82) is 0 Å². The van der Waals surface area contributed by atoms with E-state index in [0.717, 1.165) is 10.2 Å². The number of halogens is 2. The third kappa shape index (κ3) is 4.45. The molecule has 19 heavy (non-hydrogen) atoms. The summed E-state index contributed by atoms with van der Waals surface area (Å²) < 4.78 is 6.27. The van der Waals surface area contributed by atoms with Crippen molar-refractivity contribution in [2.24, 2.45) is 0 Å². The van der Waals surface area contributed by atoms with E-state index in [2.05, 4.69) is 31.2 Å². The topological polar surface area (TPSA) is 47.0 Å². The predicted octanol–water partition coefficient (Wildman–Crippen LogP) is 4.17. The molecule has 0 aliphatic heterocycles. The summed E-state index contributed by atoms with van der Waals surface area (Å²) in [5, 5.41) is 3.57. The molecule has 0 saturated carbocycles. The minimum atomic E-state index is 0.351. The first-order valence-corrected chi connectivity index (χ1v) is 6.98. The van der Waals surface area contributed by atoms with E-state index in [4.69, 9.17) is 16.3 Å². The monoisotopic (exact) mass is 341 g/mol. The zero-order valence-corrected chi connectivity index (χ0v) is 12.7. The van der Waals surface area contributed by atoms with Crippen molar-refractivity contribution in [1.82, 2.24) is 9.97 Å². The summed E-state index contributed by atoms with van der Waals surface area (Å²) in [6.45, 7) is 2.89. The average Bonchev–Trinajstić information content (AvgIpc) is 2.35. The van der Waals surface area contributed by atoms with Crippen molar-refractivity contribution in [3.05, 3.63) is 45.8 Å². The highest BCUT2D eigenvalue weighted by molar-refractivity contribution is 9.10. The summed E-state index contributed by atoms with van der Waals surface area (Å²) >= 11 is 9.39. The van der Waals surface area contributed by atoms with Crippen LogP contribution in [0.2, 0.25) is 5.15 Å². The molecule has 0 amide bonds. The summed E-state index contributed by atoms with van der Waals surface area (Å²) in [6, 6.07) is 9.48. The third-order valence-electron chi connectivity index (χ3n) is 2.27. The van der Waals surface area contributed by atoms with Gasteiger partial charge in [0.25, 0.3) is 0 Å². The van der Waals surface area contributed by atoms with Gasteiger partial charge in [-0.05, 0) is 25.1 Å². The van der Waals surface area contributed by atoms with Gasteiger partial charge < -0.3 is 10.1 Å². The van der Waals surface area contributed by atoms with Crippen LogP contribution in [0.1, 0.15) is 12.7 Å². The lowest BCUT2D eigenvalue weighted by Crippen LogP contribution is -2.02. The Labute approximate surface area is 125 Å². The van der Waals surface area contributed by atoms with Crippen molar-refractivity contribution in [2.75, 3.05) is 11.9 Å². The molecule has 0 unspecified atom stereocenters. The molecule has 0 saturated heterocycles. The van der Waals surface area contributed by atoms with Gasteiger partial charge in [0.05, 0.1) is 0 Å². The first kappa shape index (κ1) is 14.2. The molecule has 100 valence electrons. The number of hydrogen-bond donors (Lipinski definition) is 1. The van der Waals surface area contributed by atoms with Crippen LogP contribution in [0.25, 0.3) is 0 Å². The number of hydrogen-bond acceptors (Lipinski definition) is 4. The summed E-state index contributed by atoms with van der Waals surface area (Å²) in [4.78, 5) is 8.46. The molecule has 0 spiro atoms. The van der Waals surface area contributed by atoms with Crippen molar-refractivity contribution >= 4 is 39.0 Å².